The Hall–Kier alpha value is -2.83. The van der Waals surface area contributed by atoms with Crippen LogP contribution < -0.4 is 9.47 Å². The molecule has 1 aliphatic heterocycles. The van der Waals surface area contributed by atoms with Crippen LogP contribution in [0.25, 0.3) is 0 Å². The van der Waals surface area contributed by atoms with E-state index >= 15 is 0 Å². The summed E-state index contributed by atoms with van der Waals surface area (Å²) in [6.07, 6.45) is 5.45. The molecule has 0 amide bonds. The fraction of sp³-hybridized carbons (Fsp3) is 0.240. The lowest BCUT2D eigenvalue weighted by Gasteiger charge is -2.40. The quantitative estimate of drug-likeness (QED) is 0.530. The zero-order valence-electron chi connectivity index (χ0n) is 17.2. The first-order valence-corrected chi connectivity index (χ1v) is 10.8. The van der Waals surface area contributed by atoms with Gasteiger partial charge in [0.2, 0.25) is 0 Å². The van der Waals surface area contributed by atoms with E-state index in [1.54, 1.807) is 32.9 Å². The third-order valence-electron chi connectivity index (χ3n) is 6.38. The Labute approximate surface area is 189 Å². The van der Waals surface area contributed by atoms with Gasteiger partial charge in [-0.1, -0.05) is 58.4 Å². The summed E-state index contributed by atoms with van der Waals surface area (Å²) in [5.41, 5.74) is 0.636. The number of rotatable bonds is 4. The van der Waals surface area contributed by atoms with Crippen LogP contribution in [0.4, 0.5) is 0 Å². The normalized spacial score (nSPS) is 27.5. The van der Waals surface area contributed by atoms with Crippen molar-refractivity contribution < 1.29 is 19.3 Å². The lowest BCUT2D eigenvalue weighted by Crippen LogP contribution is -2.48. The number of halogens is 1. The smallest absolute Gasteiger partial charge is 0.178 e. The molecule has 1 aliphatic carbocycles. The van der Waals surface area contributed by atoms with Gasteiger partial charge in [0.15, 0.2) is 11.2 Å². The summed E-state index contributed by atoms with van der Waals surface area (Å²) >= 11 is 3.52. The van der Waals surface area contributed by atoms with Crippen molar-refractivity contribution in [3.05, 3.63) is 100.0 Å². The summed E-state index contributed by atoms with van der Waals surface area (Å²) in [5.74, 6) is 0.820. The van der Waals surface area contributed by atoms with Gasteiger partial charge in [0.25, 0.3) is 0 Å². The number of aromatic nitrogens is 1. The fourth-order valence-electron chi connectivity index (χ4n) is 5.16. The summed E-state index contributed by atoms with van der Waals surface area (Å²) in [6.45, 7) is 0. The molecule has 6 heteroatoms. The SMILES string of the molecule is CO/C=C1\C[C@@H](c2ccccc2)[C@]2(c3ccc(Br)cc3)Oc3cncc(OC)c3[C@]12O. The van der Waals surface area contributed by atoms with E-state index in [0.717, 1.165) is 21.2 Å². The zero-order chi connectivity index (χ0) is 21.6. The highest BCUT2D eigenvalue weighted by Crippen LogP contribution is 2.69. The maximum Gasteiger partial charge on any atom is 0.178 e. The lowest BCUT2D eigenvalue weighted by molar-refractivity contribution is -0.0885. The molecule has 1 N–H and O–H groups in total. The molecule has 0 unspecified atom stereocenters. The number of fused-ring (bicyclic) bond motifs is 3. The van der Waals surface area contributed by atoms with E-state index in [1.165, 1.54) is 0 Å². The lowest BCUT2D eigenvalue weighted by atomic mass is 9.71. The number of nitrogens with zero attached hydrogens (tertiary/aromatic N) is 1. The third-order valence-corrected chi connectivity index (χ3v) is 6.91. The van der Waals surface area contributed by atoms with Crippen LogP contribution in [0.2, 0.25) is 0 Å². The molecule has 0 radical (unpaired) electrons. The monoisotopic (exact) mass is 479 g/mol. The van der Waals surface area contributed by atoms with Gasteiger partial charge in [-0.15, -0.1) is 0 Å². The number of hydrogen-bond acceptors (Lipinski definition) is 5. The molecule has 0 bridgehead atoms. The number of ether oxygens (including phenoxy) is 3. The molecule has 158 valence electrons. The minimum Gasteiger partial charge on any atom is -0.504 e. The highest BCUT2D eigenvalue weighted by atomic mass is 79.9. The van der Waals surface area contributed by atoms with Crippen LogP contribution in [0.5, 0.6) is 11.5 Å². The summed E-state index contributed by atoms with van der Waals surface area (Å²) in [7, 11) is 3.16. The second-order valence-corrected chi connectivity index (χ2v) is 8.73. The first-order valence-electron chi connectivity index (χ1n) is 10.0. The first kappa shape index (κ1) is 20.1. The third kappa shape index (κ3) is 2.68. The molecule has 1 saturated carbocycles. The first-order chi connectivity index (χ1) is 15.1. The van der Waals surface area contributed by atoms with Crippen molar-refractivity contribution in [3.8, 4) is 11.5 Å². The minimum atomic E-state index is -1.50. The molecular weight excluding hydrogens is 458 g/mol. The van der Waals surface area contributed by atoms with Gasteiger partial charge in [0.05, 0.1) is 38.4 Å². The molecule has 5 rings (SSSR count). The Bertz CT molecular complexity index is 1150. The van der Waals surface area contributed by atoms with Crippen LogP contribution in [-0.2, 0) is 15.9 Å². The molecular formula is C25H22BrNO4. The van der Waals surface area contributed by atoms with Crippen LogP contribution in [0.3, 0.4) is 0 Å². The highest BCUT2D eigenvalue weighted by Gasteiger charge is 2.72. The van der Waals surface area contributed by atoms with Gasteiger partial charge in [0, 0.05) is 16.0 Å². The van der Waals surface area contributed by atoms with Crippen molar-refractivity contribution in [1.29, 1.82) is 0 Å². The van der Waals surface area contributed by atoms with Gasteiger partial charge in [-0.2, -0.15) is 0 Å². The van der Waals surface area contributed by atoms with Crippen LogP contribution >= 0.6 is 15.9 Å². The van der Waals surface area contributed by atoms with Crippen molar-refractivity contribution in [1.82, 2.24) is 4.98 Å². The molecule has 2 heterocycles. The second-order valence-electron chi connectivity index (χ2n) is 7.82. The Morgan fingerprint density at radius 3 is 2.52 bits per heavy atom. The Morgan fingerprint density at radius 2 is 1.84 bits per heavy atom. The minimum absolute atomic E-state index is 0.168. The van der Waals surface area contributed by atoms with E-state index in [-0.39, 0.29) is 5.92 Å². The fourth-order valence-corrected chi connectivity index (χ4v) is 5.42. The standard InChI is InChI=1S/C25H22BrNO4/c1-29-15-18-12-20(16-6-4-3-5-7-16)25(17-8-10-19(26)11-9-17)24(18,28)23-21(30-2)13-27-14-22(23)31-25/h3-11,13-15,20,28H,12H2,1-2H3/b18-15+/t20-,24+,25-/m0/s1. The Balaban J connectivity index is 1.86. The zero-order valence-corrected chi connectivity index (χ0v) is 18.8. The van der Waals surface area contributed by atoms with Gasteiger partial charge in [-0.25, -0.2) is 0 Å². The van der Waals surface area contributed by atoms with E-state index in [0.29, 0.717) is 23.5 Å². The maximum atomic E-state index is 12.6. The molecule has 3 aromatic rings. The largest absolute Gasteiger partial charge is 0.504 e. The Kier molecular flexibility index (Phi) is 4.79. The molecule has 2 aliphatic rings. The summed E-state index contributed by atoms with van der Waals surface area (Å²) in [4.78, 5) is 4.27. The number of aliphatic hydroxyl groups is 1. The van der Waals surface area contributed by atoms with Crippen molar-refractivity contribution in [2.24, 2.45) is 0 Å². The average molecular weight is 480 g/mol. The molecule has 1 aromatic heterocycles. The summed E-state index contributed by atoms with van der Waals surface area (Å²) in [5, 5.41) is 12.6. The van der Waals surface area contributed by atoms with Gasteiger partial charge >= 0.3 is 0 Å². The van der Waals surface area contributed by atoms with Crippen LogP contribution in [0.1, 0.15) is 29.0 Å². The molecule has 31 heavy (non-hydrogen) atoms. The number of benzene rings is 2. The maximum absolute atomic E-state index is 12.6. The molecule has 5 nitrogen and oxygen atoms in total. The van der Waals surface area contributed by atoms with Crippen molar-refractivity contribution in [2.75, 3.05) is 14.2 Å². The molecule has 1 fully saturated rings. The predicted octanol–water partition coefficient (Wildman–Crippen LogP) is 5.05. The topological polar surface area (TPSA) is 60.8 Å². The summed E-state index contributed by atoms with van der Waals surface area (Å²) < 4.78 is 18.7. The highest BCUT2D eigenvalue weighted by molar-refractivity contribution is 9.10. The van der Waals surface area contributed by atoms with Gasteiger partial charge in [0.1, 0.15) is 11.5 Å². The van der Waals surface area contributed by atoms with E-state index in [1.807, 2.05) is 42.5 Å². The molecule has 2 aromatic carbocycles. The van der Waals surface area contributed by atoms with E-state index in [9.17, 15) is 5.11 Å². The molecule has 3 atom stereocenters. The summed E-state index contributed by atoms with van der Waals surface area (Å²) in [6, 6.07) is 18.1. The van der Waals surface area contributed by atoms with E-state index in [2.05, 4.69) is 33.0 Å². The van der Waals surface area contributed by atoms with Crippen LogP contribution in [-0.4, -0.2) is 24.3 Å². The van der Waals surface area contributed by atoms with E-state index < -0.39 is 11.2 Å². The second kappa shape index (κ2) is 7.39. The van der Waals surface area contributed by atoms with Gasteiger partial charge < -0.3 is 19.3 Å². The van der Waals surface area contributed by atoms with Crippen LogP contribution in [0.15, 0.2) is 83.3 Å². The van der Waals surface area contributed by atoms with Crippen molar-refractivity contribution >= 4 is 15.9 Å². The molecule has 0 saturated heterocycles. The Morgan fingerprint density at radius 1 is 1.10 bits per heavy atom. The molecule has 0 spiro atoms. The van der Waals surface area contributed by atoms with Crippen molar-refractivity contribution in [2.45, 2.75) is 23.5 Å². The van der Waals surface area contributed by atoms with Gasteiger partial charge in [-0.3, -0.25) is 4.98 Å². The number of pyridine rings is 1. The van der Waals surface area contributed by atoms with Crippen LogP contribution in [0, 0.1) is 0 Å². The van der Waals surface area contributed by atoms with E-state index in [4.69, 9.17) is 14.2 Å². The number of hydrogen-bond donors (Lipinski definition) is 1. The van der Waals surface area contributed by atoms with Gasteiger partial charge in [-0.05, 0) is 29.7 Å². The predicted molar refractivity (Wildman–Crippen MR) is 120 cm³/mol. The number of methoxy groups -OCH3 is 2. The average Bonchev–Trinajstić information content (AvgIpc) is 3.21. The van der Waals surface area contributed by atoms with Crippen molar-refractivity contribution in [3.63, 3.8) is 0 Å².